The van der Waals surface area contributed by atoms with E-state index < -0.39 is 10.9 Å². The Morgan fingerprint density at radius 2 is 2.25 bits per heavy atom. The van der Waals surface area contributed by atoms with Gasteiger partial charge in [0.05, 0.1) is 10.5 Å². The Morgan fingerprint density at radius 3 is 2.80 bits per heavy atom. The SMILES string of the molecule is Cc1nonc1COc1cc(C(=O)O)ccc1[N+](=O)[O-]. The van der Waals surface area contributed by atoms with E-state index in [0.29, 0.717) is 11.4 Å². The maximum absolute atomic E-state index is 10.9. The quantitative estimate of drug-likeness (QED) is 0.644. The van der Waals surface area contributed by atoms with Crippen molar-refractivity contribution in [1.82, 2.24) is 10.3 Å². The Balaban J connectivity index is 2.28. The Morgan fingerprint density at radius 1 is 1.50 bits per heavy atom. The van der Waals surface area contributed by atoms with Crippen LogP contribution in [-0.4, -0.2) is 26.3 Å². The smallest absolute Gasteiger partial charge is 0.335 e. The zero-order valence-electron chi connectivity index (χ0n) is 10.3. The molecule has 0 saturated heterocycles. The number of carboxylic acid groups (broad SMARTS) is 1. The minimum atomic E-state index is -1.20. The van der Waals surface area contributed by atoms with Gasteiger partial charge in [0, 0.05) is 12.1 Å². The number of hydrogen-bond donors (Lipinski definition) is 1. The van der Waals surface area contributed by atoms with Gasteiger partial charge >= 0.3 is 11.7 Å². The number of rotatable bonds is 5. The Bertz CT molecular complexity index is 666. The highest BCUT2D eigenvalue weighted by Crippen LogP contribution is 2.28. The average Bonchev–Trinajstić information content (AvgIpc) is 2.81. The van der Waals surface area contributed by atoms with Crippen molar-refractivity contribution in [1.29, 1.82) is 0 Å². The van der Waals surface area contributed by atoms with Crippen molar-refractivity contribution in [3.8, 4) is 5.75 Å². The molecule has 2 aromatic rings. The number of aryl methyl sites for hydroxylation is 1. The van der Waals surface area contributed by atoms with Crippen molar-refractivity contribution >= 4 is 11.7 Å². The molecule has 0 aliphatic heterocycles. The maximum Gasteiger partial charge on any atom is 0.335 e. The van der Waals surface area contributed by atoms with Crippen LogP contribution in [0.5, 0.6) is 5.75 Å². The second-order valence-corrected chi connectivity index (χ2v) is 3.83. The third-order valence-corrected chi connectivity index (χ3v) is 2.51. The van der Waals surface area contributed by atoms with Gasteiger partial charge in [-0.3, -0.25) is 10.1 Å². The van der Waals surface area contributed by atoms with Gasteiger partial charge in [-0.25, -0.2) is 9.42 Å². The van der Waals surface area contributed by atoms with Gasteiger partial charge in [-0.15, -0.1) is 0 Å². The average molecular weight is 279 g/mol. The number of benzene rings is 1. The van der Waals surface area contributed by atoms with Crippen molar-refractivity contribution in [3.63, 3.8) is 0 Å². The monoisotopic (exact) mass is 279 g/mol. The Hall–Kier alpha value is -2.97. The van der Waals surface area contributed by atoms with E-state index >= 15 is 0 Å². The van der Waals surface area contributed by atoms with Crippen LogP contribution in [0.4, 0.5) is 5.69 Å². The van der Waals surface area contributed by atoms with Gasteiger partial charge in [-0.05, 0) is 13.0 Å². The van der Waals surface area contributed by atoms with E-state index in [4.69, 9.17) is 9.84 Å². The Kier molecular flexibility index (Phi) is 3.60. The number of aromatic carboxylic acids is 1. The topological polar surface area (TPSA) is 129 Å². The van der Waals surface area contributed by atoms with Crippen LogP contribution in [0.3, 0.4) is 0 Å². The summed E-state index contributed by atoms with van der Waals surface area (Å²) < 4.78 is 9.71. The van der Waals surface area contributed by atoms with Crippen LogP contribution in [0, 0.1) is 17.0 Å². The largest absolute Gasteiger partial charge is 0.480 e. The highest BCUT2D eigenvalue weighted by molar-refractivity contribution is 5.88. The van der Waals surface area contributed by atoms with Crippen LogP contribution in [0.15, 0.2) is 22.8 Å². The number of nitro benzene ring substituents is 1. The highest BCUT2D eigenvalue weighted by Gasteiger charge is 2.19. The fraction of sp³-hybridized carbons (Fsp3) is 0.182. The van der Waals surface area contributed by atoms with E-state index in [9.17, 15) is 14.9 Å². The van der Waals surface area contributed by atoms with E-state index in [-0.39, 0.29) is 23.6 Å². The fourth-order valence-electron chi connectivity index (χ4n) is 1.44. The molecule has 0 saturated carbocycles. The summed E-state index contributed by atoms with van der Waals surface area (Å²) in [7, 11) is 0. The van der Waals surface area contributed by atoms with Gasteiger partial charge in [-0.2, -0.15) is 0 Å². The van der Waals surface area contributed by atoms with Crippen LogP contribution in [0.2, 0.25) is 0 Å². The number of hydrogen-bond acceptors (Lipinski definition) is 7. The molecule has 0 fully saturated rings. The standard InChI is InChI=1S/C11H9N3O6/c1-6-8(13-20-12-6)5-19-10-4-7(11(15)16)2-3-9(10)14(17)18/h2-4H,5H2,1H3,(H,15,16). The highest BCUT2D eigenvalue weighted by atomic mass is 16.6. The second kappa shape index (κ2) is 5.34. The predicted octanol–water partition coefficient (Wildman–Crippen LogP) is 1.56. The van der Waals surface area contributed by atoms with Crippen molar-refractivity contribution < 1.29 is 24.2 Å². The number of nitro groups is 1. The predicted molar refractivity (Wildman–Crippen MR) is 63.4 cm³/mol. The van der Waals surface area contributed by atoms with Crippen LogP contribution in [-0.2, 0) is 6.61 Å². The van der Waals surface area contributed by atoms with Gasteiger partial charge in [0.2, 0.25) is 0 Å². The number of carbonyl (C=O) groups is 1. The minimum absolute atomic E-state index is 0.111. The summed E-state index contributed by atoms with van der Waals surface area (Å²) in [6, 6.07) is 3.30. The normalized spacial score (nSPS) is 10.2. The van der Waals surface area contributed by atoms with Gasteiger partial charge in [0.15, 0.2) is 5.75 Å². The molecule has 2 rings (SSSR count). The first-order valence-electron chi connectivity index (χ1n) is 5.41. The molecular weight excluding hydrogens is 270 g/mol. The molecule has 9 heteroatoms. The molecular formula is C11H9N3O6. The van der Waals surface area contributed by atoms with E-state index in [2.05, 4.69) is 14.9 Å². The molecule has 1 aromatic carbocycles. The molecule has 1 heterocycles. The summed E-state index contributed by atoms with van der Waals surface area (Å²) in [6.45, 7) is 1.52. The fourth-order valence-corrected chi connectivity index (χ4v) is 1.44. The lowest BCUT2D eigenvalue weighted by Crippen LogP contribution is -2.03. The van der Waals surface area contributed by atoms with Gasteiger partial charge in [-0.1, -0.05) is 10.3 Å². The van der Waals surface area contributed by atoms with Crippen LogP contribution >= 0.6 is 0 Å². The number of carboxylic acids is 1. The van der Waals surface area contributed by atoms with Crippen molar-refractivity contribution in [2.45, 2.75) is 13.5 Å². The lowest BCUT2D eigenvalue weighted by atomic mass is 10.2. The van der Waals surface area contributed by atoms with Crippen molar-refractivity contribution in [2.24, 2.45) is 0 Å². The Labute approximate surface area is 111 Å². The first-order chi connectivity index (χ1) is 9.49. The number of nitrogens with zero attached hydrogens (tertiary/aromatic N) is 3. The van der Waals surface area contributed by atoms with E-state index in [1.165, 1.54) is 0 Å². The van der Waals surface area contributed by atoms with Crippen LogP contribution in [0.25, 0.3) is 0 Å². The molecule has 0 atom stereocenters. The summed E-state index contributed by atoms with van der Waals surface area (Å²) in [5.41, 5.74) is 0.423. The van der Waals surface area contributed by atoms with Gasteiger partial charge in [0.1, 0.15) is 18.0 Å². The lowest BCUT2D eigenvalue weighted by molar-refractivity contribution is -0.386. The second-order valence-electron chi connectivity index (χ2n) is 3.83. The molecule has 0 amide bonds. The summed E-state index contributed by atoms with van der Waals surface area (Å²) in [5, 5.41) is 26.8. The van der Waals surface area contributed by atoms with E-state index in [0.717, 1.165) is 18.2 Å². The molecule has 0 unspecified atom stereocenters. The summed E-state index contributed by atoms with van der Waals surface area (Å²) >= 11 is 0. The molecule has 0 aliphatic carbocycles. The minimum Gasteiger partial charge on any atom is -0.480 e. The zero-order chi connectivity index (χ0) is 14.7. The summed E-state index contributed by atoms with van der Waals surface area (Å²) in [6.07, 6.45) is 0. The lowest BCUT2D eigenvalue weighted by Gasteiger charge is -2.06. The third-order valence-electron chi connectivity index (χ3n) is 2.51. The number of aromatic nitrogens is 2. The molecule has 0 bridgehead atoms. The first kappa shape index (κ1) is 13.5. The maximum atomic E-state index is 10.9. The molecule has 0 radical (unpaired) electrons. The third kappa shape index (κ3) is 2.71. The molecule has 9 nitrogen and oxygen atoms in total. The molecule has 1 aromatic heterocycles. The first-order valence-corrected chi connectivity index (χ1v) is 5.41. The van der Waals surface area contributed by atoms with Crippen molar-refractivity contribution in [2.75, 3.05) is 0 Å². The molecule has 20 heavy (non-hydrogen) atoms. The molecule has 104 valence electrons. The van der Waals surface area contributed by atoms with E-state index in [1.807, 2.05) is 0 Å². The van der Waals surface area contributed by atoms with Gasteiger partial charge in [0.25, 0.3) is 0 Å². The van der Waals surface area contributed by atoms with E-state index in [1.54, 1.807) is 6.92 Å². The summed E-state index contributed by atoms with van der Waals surface area (Å²) in [4.78, 5) is 21.1. The zero-order valence-corrected chi connectivity index (χ0v) is 10.3. The summed E-state index contributed by atoms with van der Waals surface area (Å²) in [5.74, 6) is -1.36. The van der Waals surface area contributed by atoms with Crippen molar-refractivity contribution in [3.05, 3.63) is 45.3 Å². The molecule has 0 aliphatic rings. The van der Waals surface area contributed by atoms with Crippen LogP contribution in [0.1, 0.15) is 21.7 Å². The molecule has 0 spiro atoms. The van der Waals surface area contributed by atoms with Crippen LogP contribution < -0.4 is 4.74 Å². The molecule has 1 N–H and O–H groups in total. The number of ether oxygens (including phenoxy) is 1. The van der Waals surface area contributed by atoms with Gasteiger partial charge < -0.3 is 9.84 Å².